The van der Waals surface area contributed by atoms with Gasteiger partial charge in [-0.05, 0) is 12.8 Å². The molecule has 100 valence electrons. The van der Waals surface area contributed by atoms with Crippen LogP contribution in [0.25, 0.3) is 0 Å². The fourth-order valence-corrected chi connectivity index (χ4v) is 1.81. The summed E-state index contributed by atoms with van der Waals surface area (Å²) in [6.45, 7) is 5.12. The van der Waals surface area contributed by atoms with Crippen LogP contribution in [-0.4, -0.2) is 38.7 Å². The third kappa shape index (κ3) is 3.53. The summed E-state index contributed by atoms with van der Waals surface area (Å²) in [7, 11) is 0. The van der Waals surface area contributed by atoms with Crippen LogP contribution in [-0.2, 0) is 11.3 Å². The van der Waals surface area contributed by atoms with E-state index >= 15 is 0 Å². The van der Waals surface area contributed by atoms with E-state index in [0.29, 0.717) is 30.8 Å². The van der Waals surface area contributed by atoms with Crippen molar-refractivity contribution in [2.75, 3.05) is 6.54 Å². The maximum Gasteiger partial charge on any atom is 0.304 e. The molecule has 1 saturated carbocycles. The minimum atomic E-state index is -0.769. The van der Waals surface area contributed by atoms with Gasteiger partial charge in [0.05, 0.1) is 13.0 Å². The fraction of sp³-hybridized carbons (Fsp3) is 0.750. The molecule has 18 heavy (non-hydrogen) atoms. The van der Waals surface area contributed by atoms with Gasteiger partial charge in [-0.1, -0.05) is 19.0 Å². The van der Waals surface area contributed by atoms with Crippen molar-refractivity contribution in [2.45, 2.75) is 51.6 Å². The lowest BCUT2D eigenvalue weighted by molar-refractivity contribution is -0.137. The lowest BCUT2D eigenvalue weighted by Gasteiger charge is -2.18. The molecule has 6 nitrogen and oxygen atoms in total. The highest BCUT2D eigenvalue weighted by molar-refractivity contribution is 5.66. The Balaban J connectivity index is 1.92. The van der Waals surface area contributed by atoms with Crippen LogP contribution in [0.15, 0.2) is 4.52 Å². The third-order valence-electron chi connectivity index (χ3n) is 3.01. The van der Waals surface area contributed by atoms with Gasteiger partial charge in [0.15, 0.2) is 5.82 Å². The van der Waals surface area contributed by atoms with Crippen LogP contribution in [0.1, 0.15) is 50.7 Å². The molecule has 0 radical (unpaired) electrons. The lowest BCUT2D eigenvalue weighted by Crippen LogP contribution is -2.28. The maximum absolute atomic E-state index is 10.6. The van der Waals surface area contributed by atoms with Gasteiger partial charge in [-0.2, -0.15) is 4.98 Å². The van der Waals surface area contributed by atoms with Gasteiger partial charge in [0.25, 0.3) is 0 Å². The molecule has 0 bridgehead atoms. The third-order valence-corrected chi connectivity index (χ3v) is 3.01. The molecule has 0 amide bonds. The number of aromatic nitrogens is 2. The van der Waals surface area contributed by atoms with E-state index < -0.39 is 5.97 Å². The minimum Gasteiger partial charge on any atom is -0.481 e. The molecule has 0 aromatic carbocycles. The summed E-state index contributed by atoms with van der Waals surface area (Å²) in [5.74, 6) is 0.764. The van der Waals surface area contributed by atoms with Gasteiger partial charge < -0.3 is 9.63 Å². The summed E-state index contributed by atoms with van der Waals surface area (Å²) in [6.07, 6.45) is 2.41. The summed E-state index contributed by atoms with van der Waals surface area (Å²) in [5, 5.41) is 12.6. The first-order valence-electron chi connectivity index (χ1n) is 6.34. The molecule has 0 spiro atoms. The number of carboxylic acid groups (broad SMARTS) is 1. The van der Waals surface area contributed by atoms with E-state index in [1.807, 2.05) is 13.8 Å². The predicted octanol–water partition coefficient (Wildman–Crippen LogP) is 1.63. The van der Waals surface area contributed by atoms with Crippen molar-refractivity contribution in [1.82, 2.24) is 15.0 Å². The summed E-state index contributed by atoms with van der Waals surface area (Å²) in [4.78, 5) is 17.1. The molecule has 1 aromatic heterocycles. The summed E-state index contributed by atoms with van der Waals surface area (Å²) in [5.41, 5.74) is 0. The topological polar surface area (TPSA) is 79.5 Å². The predicted molar refractivity (Wildman–Crippen MR) is 64.1 cm³/mol. The normalized spacial score (nSPS) is 15.6. The fourth-order valence-electron chi connectivity index (χ4n) is 1.81. The van der Waals surface area contributed by atoms with Crippen molar-refractivity contribution in [3.05, 3.63) is 11.7 Å². The maximum atomic E-state index is 10.6. The van der Waals surface area contributed by atoms with Gasteiger partial charge in [0.2, 0.25) is 5.89 Å². The van der Waals surface area contributed by atoms with E-state index in [4.69, 9.17) is 9.63 Å². The van der Waals surface area contributed by atoms with Crippen LogP contribution in [0.3, 0.4) is 0 Å². The Morgan fingerprint density at radius 3 is 2.78 bits per heavy atom. The van der Waals surface area contributed by atoms with E-state index in [9.17, 15) is 4.79 Å². The standard InChI is InChI=1S/C12H19N3O3/c1-8(2)12-13-10(18-14-12)7-15(9-3-4-9)6-5-11(16)17/h8-9H,3-7H2,1-2H3,(H,16,17). The summed E-state index contributed by atoms with van der Waals surface area (Å²) < 4.78 is 5.19. The van der Waals surface area contributed by atoms with Crippen LogP contribution in [0.5, 0.6) is 0 Å². The molecule has 0 saturated heterocycles. The molecular formula is C12H19N3O3. The van der Waals surface area contributed by atoms with Gasteiger partial charge >= 0.3 is 5.97 Å². The molecule has 1 N–H and O–H groups in total. The van der Waals surface area contributed by atoms with Crippen molar-refractivity contribution in [3.63, 3.8) is 0 Å². The first-order chi connectivity index (χ1) is 8.56. The lowest BCUT2D eigenvalue weighted by atomic mass is 10.2. The highest BCUT2D eigenvalue weighted by atomic mass is 16.5. The highest BCUT2D eigenvalue weighted by Gasteiger charge is 2.30. The van der Waals surface area contributed by atoms with Gasteiger partial charge in [-0.15, -0.1) is 0 Å². The van der Waals surface area contributed by atoms with E-state index in [1.54, 1.807) is 0 Å². The Morgan fingerprint density at radius 1 is 1.56 bits per heavy atom. The number of carboxylic acids is 1. The monoisotopic (exact) mass is 253 g/mol. The van der Waals surface area contributed by atoms with Gasteiger partial charge in [-0.25, -0.2) is 0 Å². The first-order valence-corrected chi connectivity index (χ1v) is 6.34. The summed E-state index contributed by atoms with van der Waals surface area (Å²) >= 11 is 0. The SMILES string of the molecule is CC(C)c1noc(CN(CCC(=O)O)C2CC2)n1. The van der Waals surface area contributed by atoms with Crippen LogP contribution < -0.4 is 0 Å². The second-order valence-corrected chi connectivity index (χ2v) is 5.05. The molecule has 1 aromatic rings. The van der Waals surface area contributed by atoms with E-state index in [0.717, 1.165) is 12.8 Å². The summed E-state index contributed by atoms with van der Waals surface area (Å²) in [6, 6.07) is 0.485. The Bertz CT molecular complexity index is 412. The van der Waals surface area contributed by atoms with Crippen LogP contribution >= 0.6 is 0 Å². The first kappa shape index (κ1) is 13.0. The van der Waals surface area contributed by atoms with Crippen LogP contribution in [0.4, 0.5) is 0 Å². The quantitative estimate of drug-likeness (QED) is 0.795. The smallest absolute Gasteiger partial charge is 0.304 e. The molecule has 0 unspecified atom stereocenters. The van der Waals surface area contributed by atoms with E-state index in [-0.39, 0.29) is 12.3 Å². The molecule has 0 aliphatic heterocycles. The second kappa shape index (κ2) is 5.48. The van der Waals surface area contributed by atoms with Crippen molar-refractivity contribution >= 4 is 5.97 Å². The number of aliphatic carboxylic acids is 1. The zero-order chi connectivity index (χ0) is 13.1. The van der Waals surface area contributed by atoms with Crippen molar-refractivity contribution < 1.29 is 14.4 Å². The molecule has 0 atom stereocenters. The molecule has 6 heteroatoms. The van der Waals surface area contributed by atoms with Gasteiger partial charge in [0, 0.05) is 18.5 Å². The average molecular weight is 253 g/mol. The van der Waals surface area contributed by atoms with E-state index in [2.05, 4.69) is 15.0 Å². The Morgan fingerprint density at radius 2 is 2.28 bits per heavy atom. The number of carbonyl (C=O) groups is 1. The number of hydrogen-bond acceptors (Lipinski definition) is 5. The molecule has 1 aliphatic rings. The second-order valence-electron chi connectivity index (χ2n) is 5.05. The number of rotatable bonds is 7. The molecule has 1 aliphatic carbocycles. The van der Waals surface area contributed by atoms with Crippen LogP contribution in [0.2, 0.25) is 0 Å². The van der Waals surface area contributed by atoms with Gasteiger partial charge in [0.1, 0.15) is 0 Å². The molecular weight excluding hydrogens is 234 g/mol. The van der Waals surface area contributed by atoms with Crippen molar-refractivity contribution in [3.8, 4) is 0 Å². The molecule has 2 rings (SSSR count). The highest BCUT2D eigenvalue weighted by Crippen LogP contribution is 2.28. The Hall–Kier alpha value is -1.43. The zero-order valence-corrected chi connectivity index (χ0v) is 10.8. The largest absolute Gasteiger partial charge is 0.481 e. The van der Waals surface area contributed by atoms with Crippen LogP contribution in [0, 0.1) is 0 Å². The Labute approximate surface area is 106 Å². The number of hydrogen-bond donors (Lipinski definition) is 1. The number of nitrogens with zero attached hydrogens (tertiary/aromatic N) is 3. The molecule has 1 heterocycles. The van der Waals surface area contributed by atoms with Crippen molar-refractivity contribution in [1.29, 1.82) is 0 Å². The molecule has 1 fully saturated rings. The zero-order valence-electron chi connectivity index (χ0n) is 10.8. The minimum absolute atomic E-state index is 0.154. The van der Waals surface area contributed by atoms with E-state index in [1.165, 1.54) is 0 Å². The van der Waals surface area contributed by atoms with Crippen molar-refractivity contribution in [2.24, 2.45) is 0 Å². The average Bonchev–Trinajstić information content (AvgIpc) is 3.03. The Kier molecular flexibility index (Phi) is 3.96. The van der Waals surface area contributed by atoms with Gasteiger partial charge in [-0.3, -0.25) is 9.69 Å².